The first-order valence-electron chi connectivity index (χ1n) is 5.64. The predicted molar refractivity (Wildman–Crippen MR) is 61.2 cm³/mol. The first-order chi connectivity index (χ1) is 8.95. The van der Waals surface area contributed by atoms with E-state index in [1.54, 1.807) is 6.92 Å². The summed E-state index contributed by atoms with van der Waals surface area (Å²) in [4.78, 5) is 0. The zero-order chi connectivity index (χ0) is 14.2. The fraction of sp³-hybridized carbons (Fsp3) is 0.231. The van der Waals surface area contributed by atoms with Gasteiger partial charge in [0.2, 0.25) is 0 Å². The number of hydrogen-bond donors (Lipinski definition) is 1. The summed E-state index contributed by atoms with van der Waals surface area (Å²) < 4.78 is 58.4. The Labute approximate surface area is 106 Å². The van der Waals surface area contributed by atoms with Crippen molar-refractivity contribution in [1.29, 1.82) is 0 Å². The van der Waals surface area contributed by atoms with Crippen molar-refractivity contribution in [2.75, 3.05) is 0 Å². The monoisotopic (exact) mass is 273 g/mol. The second-order valence-electron chi connectivity index (χ2n) is 4.06. The van der Waals surface area contributed by atoms with E-state index in [0.29, 0.717) is 12.2 Å². The maximum Gasteiger partial charge on any atom is 0.172 e. The molecule has 0 aliphatic carbocycles. The topological polar surface area (TPSA) is 39.2 Å². The molecule has 19 heavy (non-hydrogen) atoms. The summed E-state index contributed by atoms with van der Waals surface area (Å²) in [5, 5.41) is 0. The molecule has 1 unspecified atom stereocenters. The number of halogens is 4. The van der Waals surface area contributed by atoms with E-state index in [1.165, 1.54) is 12.1 Å². The van der Waals surface area contributed by atoms with Crippen molar-refractivity contribution < 1.29 is 22.0 Å². The highest BCUT2D eigenvalue weighted by Crippen LogP contribution is 2.32. The van der Waals surface area contributed by atoms with Crippen LogP contribution in [-0.2, 0) is 0 Å². The molecule has 0 fully saturated rings. The molecular formula is C13H11F4NO. The molecule has 6 heteroatoms. The Kier molecular flexibility index (Phi) is 3.61. The quantitative estimate of drug-likeness (QED) is 0.680. The number of furan rings is 1. The van der Waals surface area contributed by atoms with Gasteiger partial charge < -0.3 is 10.2 Å². The summed E-state index contributed by atoms with van der Waals surface area (Å²) in [7, 11) is 0. The van der Waals surface area contributed by atoms with Gasteiger partial charge in [-0.05, 0) is 18.6 Å². The minimum absolute atomic E-state index is 0.149. The Morgan fingerprint density at radius 2 is 1.68 bits per heavy atom. The smallest absolute Gasteiger partial charge is 0.172 e. The molecule has 0 amide bonds. The minimum atomic E-state index is -1.50. The molecule has 0 saturated heterocycles. The zero-order valence-corrected chi connectivity index (χ0v) is 10.0. The van der Waals surface area contributed by atoms with Crippen LogP contribution in [0.4, 0.5) is 17.6 Å². The van der Waals surface area contributed by atoms with Crippen LogP contribution in [-0.4, -0.2) is 0 Å². The normalized spacial score (nSPS) is 12.7. The van der Waals surface area contributed by atoms with Gasteiger partial charge in [-0.15, -0.1) is 0 Å². The summed E-state index contributed by atoms with van der Waals surface area (Å²) in [5.41, 5.74) is 4.82. The van der Waals surface area contributed by atoms with Crippen LogP contribution in [0, 0.1) is 23.3 Å². The lowest BCUT2D eigenvalue weighted by Crippen LogP contribution is -2.06. The van der Waals surface area contributed by atoms with Gasteiger partial charge in [0.1, 0.15) is 11.5 Å². The Bertz CT molecular complexity index is 583. The number of hydrogen-bond acceptors (Lipinski definition) is 2. The summed E-state index contributed by atoms with van der Waals surface area (Å²) in [6.45, 7) is 1.80. The van der Waals surface area contributed by atoms with Gasteiger partial charge in [-0.25, -0.2) is 17.6 Å². The lowest BCUT2D eigenvalue weighted by molar-refractivity contribution is 0.439. The van der Waals surface area contributed by atoms with E-state index in [2.05, 4.69) is 0 Å². The van der Waals surface area contributed by atoms with Gasteiger partial charge in [-0.3, -0.25) is 0 Å². The average Bonchev–Trinajstić information content (AvgIpc) is 2.85. The highest BCUT2D eigenvalue weighted by Gasteiger charge is 2.23. The third-order valence-corrected chi connectivity index (χ3v) is 2.79. The van der Waals surface area contributed by atoms with E-state index in [-0.39, 0.29) is 11.8 Å². The Morgan fingerprint density at radius 1 is 1.11 bits per heavy atom. The number of rotatable bonds is 3. The van der Waals surface area contributed by atoms with Gasteiger partial charge in [0.05, 0.1) is 11.6 Å². The predicted octanol–water partition coefficient (Wildman–Crippen LogP) is 3.91. The standard InChI is InChI=1S/C13H11F4NO/c1-2-8(18)9-3-4-10(19-9)11-12(16)6(14)5-7(15)13(11)17/h3-5,8H,2,18H2,1H3. The van der Waals surface area contributed by atoms with Crippen LogP contribution < -0.4 is 5.73 Å². The van der Waals surface area contributed by atoms with Crippen LogP contribution in [0.5, 0.6) is 0 Å². The SMILES string of the molecule is CCC(N)c1ccc(-c2c(F)c(F)cc(F)c2F)o1. The molecule has 102 valence electrons. The summed E-state index contributed by atoms with van der Waals surface area (Å²) in [6.07, 6.45) is 0.551. The lowest BCUT2D eigenvalue weighted by Gasteiger charge is -2.06. The van der Waals surface area contributed by atoms with E-state index in [9.17, 15) is 17.6 Å². The summed E-state index contributed by atoms with van der Waals surface area (Å²) in [6, 6.07) is 2.35. The van der Waals surface area contributed by atoms with Crippen molar-refractivity contribution in [3.8, 4) is 11.3 Å². The van der Waals surface area contributed by atoms with E-state index in [1.807, 2.05) is 0 Å². The summed E-state index contributed by atoms with van der Waals surface area (Å²) >= 11 is 0. The first kappa shape index (κ1) is 13.6. The highest BCUT2D eigenvalue weighted by molar-refractivity contribution is 5.60. The van der Waals surface area contributed by atoms with Crippen molar-refractivity contribution in [1.82, 2.24) is 0 Å². The fourth-order valence-corrected chi connectivity index (χ4v) is 1.68. The van der Waals surface area contributed by atoms with Crippen LogP contribution in [0.1, 0.15) is 25.1 Å². The third kappa shape index (κ3) is 2.35. The zero-order valence-electron chi connectivity index (χ0n) is 10.0. The van der Waals surface area contributed by atoms with Gasteiger partial charge in [-0.1, -0.05) is 6.92 Å². The summed E-state index contributed by atoms with van der Waals surface area (Å²) in [5.74, 6) is -5.96. The van der Waals surface area contributed by atoms with Crippen molar-refractivity contribution in [3.63, 3.8) is 0 Å². The van der Waals surface area contributed by atoms with Crippen LogP contribution in [0.25, 0.3) is 11.3 Å². The molecule has 0 bridgehead atoms. The molecule has 2 aromatic rings. The van der Waals surface area contributed by atoms with E-state index in [0.717, 1.165) is 0 Å². The molecule has 2 rings (SSSR count). The fourth-order valence-electron chi connectivity index (χ4n) is 1.68. The molecule has 1 heterocycles. The van der Waals surface area contributed by atoms with Gasteiger partial charge in [0, 0.05) is 6.07 Å². The molecular weight excluding hydrogens is 262 g/mol. The molecule has 1 aromatic carbocycles. The van der Waals surface area contributed by atoms with Gasteiger partial charge in [-0.2, -0.15) is 0 Å². The lowest BCUT2D eigenvalue weighted by atomic mass is 10.1. The molecule has 0 aliphatic rings. The van der Waals surface area contributed by atoms with Crippen LogP contribution in [0.3, 0.4) is 0 Å². The van der Waals surface area contributed by atoms with Crippen molar-refractivity contribution in [2.45, 2.75) is 19.4 Å². The maximum atomic E-state index is 13.5. The van der Waals surface area contributed by atoms with E-state index >= 15 is 0 Å². The van der Waals surface area contributed by atoms with Crippen LogP contribution >= 0.6 is 0 Å². The van der Waals surface area contributed by atoms with Crippen molar-refractivity contribution in [3.05, 3.63) is 47.2 Å². The third-order valence-electron chi connectivity index (χ3n) is 2.79. The van der Waals surface area contributed by atoms with Crippen LogP contribution in [0.2, 0.25) is 0 Å². The second kappa shape index (κ2) is 5.05. The molecule has 0 radical (unpaired) electrons. The molecule has 1 atom stereocenters. The average molecular weight is 273 g/mol. The maximum absolute atomic E-state index is 13.5. The minimum Gasteiger partial charge on any atom is -0.459 e. The van der Waals surface area contributed by atoms with Gasteiger partial charge >= 0.3 is 0 Å². The van der Waals surface area contributed by atoms with Gasteiger partial charge in [0.15, 0.2) is 23.3 Å². The number of benzene rings is 1. The largest absolute Gasteiger partial charge is 0.459 e. The van der Waals surface area contributed by atoms with E-state index in [4.69, 9.17) is 10.2 Å². The highest BCUT2D eigenvalue weighted by atomic mass is 19.2. The first-order valence-corrected chi connectivity index (χ1v) is 5.64. The molecule has 0 aliphatic heterocycles. The second-order valence-corrected chi connectivity index (χ2v) is 4.06. The van der Waals surface area contributed by atoms with Crippen molar-refractivity contribution in [2.24, 2.45) is 5.73 Å². The molecule has 0 spiro atoms. The van der Waals surface area contributed by atoms with Crippen molar-refractivity contribution >= 4 is 0 Å². The Morgan fingerprint density at radius 3 is 2.21 bits per heavy atom. The Hall–Kier alpha value is -1.82. The van der Waals surface area contributed by atoms with E-state index < -0.39 is 34.9 Å². The molecule has 2 N–H and O–H groups in total. The van der Waals surface area contributed by atoms with Crippen LogP contribution in [0.15, 0.2) is 22.6 Å². The van der Waals surface area contributed by atoms with Gasteiger partial charge in [0.25, 0.3) is 0 Å². The molecule has 2 nitrogen and oxygen atoms in total. The molecule has 0 saturated carbocycles. The Balaban J connectivity index is 2.56. The molecule has 1 aromatic heterocycles. The number of nitrogens with two attached hydrogens (primary N) is 1.